The summed E-state index contributed by atoms with van der Waals surface area (Å²) in [4.78, 5) is 11.7. The minimum atomic E-state index is -4.13. The Kier molecular flexibility index (Phi) is 6.05. The summed E-state index contributed by atoms with van der Waals surface area (Å²) in [5.74, 6) is -0.515. The molecule has 2 radical (unpaired) electrons. The highest BCUT2D eigenvalue weighted by Crippen LogP contribution is 2.24. The van der Waals surface area contributed by atoms with Gasteiger partial charge < -0.3 is 5.32 Å². The van der Waals surface area contributed by atoms with Crippen molar-refractivity contribution in [3.05, 3.63) is 48.4 Å². The minimum Gasteiger partial charge on any atom is -0.347 e. The van der Waals surface area contributed by atoms with Crippen LogP contribution in [0.15, 0.2) is 24.3 Å². The van der Waals surface area contributed by atoms with E-state index in [1.165, 1.54) is 6.54 Å². The van der Waals surface area contributed by atoms with Crippen LogP contribution >= 0.6 is 0 Å². The summed E-state index contributed by atoms with van der Waals surface area (Å²) >= 11 is 0. The summed E-state index contributed by atoms with van der Waals surface area (Å²) < 4.78 is 36.1. The van der Waals surface area contributed by atoms with E-state index < -0.39 is 12.6 Å². The van der Waals surface area contributed by atoms with E-state index in [-0.39, 0.29) is 18.2 Å². The Hall–Kier alpha value is -1.52. The van der Waals surface area contributed by atoms with Gasteiger partial charge in [0.05, 0.1) is 6.54 Å². The van der Waals surface area contributed by atoms with Crippen LogP contribution in [-0.2, 0) is 0 Å². The Balaban J connectivity index is 2.26. The standard InChI is InChI=1S/C15H18F3NO/c1-11-3-5-13(6-4-11)14(20)19-10-8-12(2)7-9-15(16,17)18/h3-6,8,10,12H,7,9H2,1-2H3,(H,19,20). The molecular formula is C15H18F3NO. The molecule has 5 heteroatoms. The molecule has 1 unspecified atom stereocenters. The molecule has 0 fully saturated rings. The number of aryl methyl sites for hydroxylation is 1. The van der Waals surface area contributed by atoms with Crippen LogP contribution in [0.5, 0.6) is 0 Å². The van der Waals surface area contributed by atoms with E-state index in [0.717, 1.165) is 5.56 Å². The van der Waals surface area contributed by atoms with Gasteiger partial charge in [-0.15, -0.1) is 0 Å². The maximum Gasteiger partial charge on any atom is 0.389 e. The third kappa shape index (κ3) is 6.59. The van der Waals surface area contributed by atoms with Crippen LogP contribution < -0.4 is 5.32 Å². The number of halogens is 3. The van der Waals surface area contributed by atoms with Gasteiger partial charge in [-0.1, -0.05) is 24.6 Å². The van der Waals surface area contributed by atoms with Crippen molar-refractivity contribution in [2.75, 3.05) is 0 Å². The number of nitrogens with one attached hydrogen (secondary N) is 1. The molecule has 0 saturated carbocycles. The van der Waals surface area contributed by atoms with Gasteiger partial charge in [0.25, 0.3) is 5.91 Å². The first kappa shape index (κ1) is 16.5. The predicted octanol–water partition coefficient (Wildman–Crippen LogP) is 4.07. The molecule has 20 heavy (non-hydrogen) atoms. The van der Waals surface area contributed by atoms with Crippen molar-refractivity contribution < 1.29 is 18.0 Å². The van der Waals surface area contributed by atoms with E-state index in [0.29, 0.717) is 5.56 Å². The summed E-state index contributed by atoms with van der Waals surface area (Å²) in [5, 5.41) is 2.55. The fourth-order valence-electron chi connectivity index (χ4n) is 1.56. The molecule has 1 atom stereocenters. The number of amides is 1. The molecule has 0 saturated heterocycles. The monoisotopic (exact) mass is 285 g/mol. The highest BCUT2D eigenvalue weighted by Gasteiger charge is 2.27. The van der Waals surface area contributed by atoms with Crippen molar-refractivity contribution in [3.63, 3.8) is 0 Å². The van der Waals surface area contributed by atoms with Crippen LogP contribution in [0, 0.1) is 25.8 Å². The largest absolute Gasteiger partial charge is 0.389 e. The zero-order valence-corrected chi connectivity index (χ0v) is 11.5. The number of hydrogen-bond acceptors (Lipinski definition) is 1. The number of carbonyl (C=O) groups excluding carboxylic acids is 1. The highest BCUT2D eigenvalue weighted by atomic mass is 19.4. The predicted molar refractivity (Wildman–Crippen MR) is 71.7 cm³/mol. The Labute approximate surface area is 117 Å². The molecule has 1 amide bonds. The van der Waals surface area contributed by atoms with Crippen molar-refractivity contribution in [2.24, 2.45) is 5.92 Å². The van der Waals surface area contributed by atoms with Crippen LogP contribution in [0.3, 0.4) is 0 Å². The average Bonchev–Trinajstić information content (AvgIpc) is 2.36. The van der Waals surface area contributed by atoms with E-state index in [1.807, 2.05) is 19.1 Å². The third-order valence-corrected chi connectivity index (χ3v) is 2.84. The van der Waals surface area contributed by atoms with E-state index in [2.05, 4.69) is 5.32 Å². The number of carbonyl (C=O) groups is 1. The molecule has 1 aromatic carbocycles. The molecule has 0 aliphatic rings. The summed E-state index contributed by atoms with van der Waals surface area (Å²) in [6.07, 6.45) is -3.37. The van der Waals surface area contributed by atoms with Gasteiger partial charge in [0.2, 0.25) is 0 Å². The first-order chi connectivity index (χ1) is 9.28. The van der Waals surface area contributed by atoms with Crippen molar-refractivity contribution >= 4 is 5.91 Å². The lowest BCUT2D eigenvalue weighted by molar-refractivity contribution is -0.136. The first-order valence-corrected chi connectivity index (χ1v) is 6.39. The van der Waals surface area contributed by atoms with E-state index in [1.54, 1.807) is 25.5 Å². The fraction of sp³-hybridized carbons (Fsp3) is 0.400. The second kappa shape index (κ2) is 7.31. The maximum absolute atomic E-state index is 12.0. The van der Waals surface area contributed by atoms with Crippen LogP contribution in [0.25, 0.3) is 0 Å². The van der Waals surface area contributed by atoms with E-state index in [4.69, 9.17) is 0 Å². The van der Waals surface area contributed by atoms with Gasteiger partial charge in [0, 0.05) is 12.0 Å². The lowest BCUT2D eigenvalue weighted by Gasteiger charge is -2.12. The minimum absolute atomic E-state index is 0.0143. The molecule has 0 aromatic heterocycles. The molecule has 0 bridgehead atoms. The average molecular weight is 285 g/mol. The molecule has 0 spiro atoms. The molecule has 1 N–H and O–H groups in total. The number of rotatable bonds is 6. The molecule has 2 nitrogen and oxygen atoms in total. The topological polar surface area (TPSA) is 29.1 Å². The highest BCUT2D eigenvalue weighted by molar-refractivity contribution is 5.94. The van der Waals surface area contributed by atoms with Gasteiger partial charge in [-0.2, -0.15) is 13.2 Å². The molecule has 0 heterocycles. The fourth-order valence-corrected chi connectivity index (χ4v) is 1.56. The Bertz CT molecular complexity index is 426. The van der Waals surface area contributed by atoms with E-state index in [9.17, 15) is 18.0 Å². The molecule has 110 valence electrons. The van der Waals surface area contributed by atoms with Gasteiger partial charge in [0.15, 0.2) is 0 Å². The summed E-state index contributed by atoms with van der Waals surface area (Å²) in [7, 11) is 0. The van der Waals surface area contributed by atoms with Gasteiger partial charge in [0.1, 0.15) is 0 Å². The zero-order valence-electron chi connectivity index (χ0n) is 11.5. The van der Waals surface area contributed by atoms with Crippen molar-refractivity contribution in [3.8, 4) is 0 Å². The Morgan fingerprint density at radius 2 is 1.90 bits per heavy atom. The lowest BCUT2D eigenvalue weighted by Crippen LogP contribution is -2.22. The summed E-state index contributed by atoms with van der Waals surface area (Å²) in [5.41, 5.74) is 1.57. The van der Waals surface area contributed by atoms with Gasteiger partial charge in [-0.3, -0.25) is 4.79 Å². The molecule has 0 aliphatic carbocycles. The van der Waals surface area contributed by atoms with Crippen LogP contribution in [0.4, 0.5) is 13.2 Å². The van der Waals surface area contributed by atoms with Gasteiger partial charge in [-0.05, 0) is 37.8 Å². The van der Waals surface area contributed by atoms with Crippen molar-refractivity contribution in [1.82, 2.24) is 5.32 Å². The SMILES string of the molecule is Cc1ccc(C(=O)N[CH][CH]C(C)CCC(F)(F)F)cc1. The van der Waals surface area contributed by atoms with Crippen molar-refractivity contribution in [1.29, 1.82) is 0 Å². The number of hydrogen-bond donors (Lipinski definition) is 1. The lowest BCUT2D eigenvalue weighted by atomic mass is 10.0. The number of alkyl halides is 3. The summed E-state index contributed by atoms with van der Waals surface area (Å²) in [6, 6.07) is 7.05. The van der Waals surface area contributed by atoms with E-state index >= 15 is 0 Å². The normalized spacial score (nSPS) is 13.1. The zero-order chi connectivity index (χ0) is 15.2. The molecule has 1 aromatic rings. The molecular weight excluding hydrogens is 267 g/mol. The Morgan fingerprint density at radius 1 is 1.30 bits per heavy atom. The quantitative estimate of drug-likeness (QED) is 0.838. The van der Waals surface area contributed by atoms with Gasteiger partial charge >= 0.3 is 6.18 Å². The second-order valence-corrected chi connectivity index (χ2v) is 4.83. The van der Waals surface area contributed by atoms with Crippen LogP contribution in [0.1, 0.15) is 35.7 Å². The van der Waals surface area contributed by atoms with Crippen LogP contribution in [-0.4, -0.2) is 12.1 Å². The second-order valence-electron chi connectivity index (χ2n) is 4.83. The maximum atomic E-state index is 12.0. The smallest absolute Gasteiger partial charge is 0.347 e. The molecule has 1 rings (SSSR count). The first-order valence-electron chi connectivity index (χ1n) is 6.39. The van der Waals surface area contributed by atoms with Gasteiger partial charge in [-0.25, -0.2) is 0 Å². The third-order valence-electron chi connectivity index (χ3n) is 2.84. The summed E-state index contributed by atoms with van der Waals surface area (Å²) in [6.45, 7) is 5.01. The van der Waals surface area contributed by atoms with Crippen molar-refractivity contribution in [2.45, 2.75) is 32.9 Å². The molecule has 0 aliphatic heterocycles. The Morgan fingerprint density at radius 3 is 2.45 bits per heavy atom. The van der Waals surface area contributed by atoms with Crippen LogP contribution in [0.2, 0.25) is 0 Å². The number of benzene rings is 1.